The first-order chi connectivity index (χ1) is 9.63. The highest BCUT2D eigenvalue weighted by atomic mass is 35.5. The van der Waals surface area contributed by atoms with Crippen molar-refractivity contribution in [3.63, 3.8) is 0 Å². The highest BCUT2D eigenvalue weighted by Crippen LogP contribution is 2.22. The van der Waals surface area contributed by atoms with E-state index in [1.54, 1.807) is 24.3 Å². The molecule has 3 rings (SSSR count). The van der Waals surface area contributed by atoms with Crippen molar-refractivity contribution in [1.82, 2.24) is 14.6 Å². The molecule has 4 nitrogen and oxygen atoms in total. The third-order valence-electron chi connectivity index (χ3n) is 2.81. The number of fused-ring (bicyclic) bond motifs is 1. The van der Waals surface area contributed by atoms with Gasteiger partial charge in [-0.3, -0.25) is 0 Å². The van der Waals surface area contributed by atoms with Crippen molar-refractivity contribution in [2.45, 2.75) is 6.54 Å². The molecule has 2 heterocycles. The van der Waals surface area contributed by atoms with Crippen molar-refractivity contribution >= 4 is 34.5 Å². The van der Waals surface area contributed by atoms with Gasteiger partial charge in [-0.15, -0.1) is 5.10 Å². The summed E-state index contributed by atoms with van der Waals surface area (Å²) < 4.78 is 14.3. The van der Waals surface area contributed by atoms with E-state index in [1.807, 2.05) is 0 Å². The SMILES string of the molecule is Fc1ccc(CNc2nc(Cl)nn3c(Cl)ccc23)cc1. The smallest absolute Gasteiger partial charge is 0.243 e. The van der Waals surface area contributed by atoms with E-state index < -0.39 is 0 Å². The van der Waals surface area contributed by atoms with Crippen molar-refractivity contribution in [2.24, 2.45) is 0 Å². The van der Waals surface area contributed by atoms with Crippen LogP contribution in [0.15, 0.2) is 36.4 Å². The van der Waals surface area contributed by atoms with Gasteiger partial charge < -0.3 is 5.32 Å². The number of rotatable bonds is 3. The maximum atomic E-state index is 12.8. The molecule has 3 aromatic rings. The molecule has 0 saturated carbocycles. The summed E-state index contributed by atoms with van der Waals surface area (Å²) in [5.41, 5.74) is 1.65. The van der Waals surface area contributed by atoms with E-state index in [2.05, 4.69) is 15.4 Å². The van der Waals surface area contributed by atoms with Gasteiger partial charge >= 0.3 is 0 Å². The highest BCUT2D eigenvalue weighted by Gasteiger charge is 2.09. The molecule has 0 unspecified atom stereocenters. The average molecular weight is 311 g/mol. The van der Waals surface area contributed by atoms with Gasteiger partial charge in [-0.25, -0.2) is 8.91 Å². The van der Waals surface area contributed by atoms with Gasteiger partial charge in [0.15, 0.2) is 5.82 Å². The number of nitrogens with zero attached hydrogens (tertiary/aromatic N) is 3. The predicted molar refractivity (Wildman–Crippen MR) is 76.7 cm³/mol. The van der Waals surface area contributed by atoms with Gasteiger partial charge in [0.25, 0.3) is 0 Å². The molecule has 0 aliphatic carbocycles. The molecule has 1 N–H and O–H groups in total. The first kappa shape index (κ1) is 13.1. The molecule has 0 amide bonds. The predicted octanol–water partition coefficient (Wildman–Crippen LogP) is 3.79. The Bertz CT molecular complexity index is 755. The molecule has 0 fully saturated rings. The van der Waals surface area contributed by atoms with Crippen LogP contribution in [0.2, 0.25) is 10.4 Å². The van der Waals surface area contributed by atoms with E-state index in [4.69, 9.17) is 23.2 Å². The van der Waals surface area contributed by atoms with Crippen molar-refractivity contribution in [2.75, 3.05) is 5.32 Å². The zero-order valence-electron chi connectivity index (χ0n) is 10.1. The standard InChI is InChI=1S/C13H9Cl2FN4/c14-11-6-5-10-12(18-13(15)19-20(10)11)17-7-8-1-3-9(16)4-2-8/h1-6H,7H2,(H,17,18,19). The van der Waals surface area contributed by atoms with Crippen molar-refractivity contribution in [3.8, 4) is 0 Å². The summed E-state index contributed by atoms with van der Waals surface area (Å²) in [4.78, 5) is 4.14. The van der Waals surface area contributed by atoms with Crippen molar-refractivity contribution in [1.29, 1.82) is 0 Å². The second-order valence-corrected chi connectivity index (χ2v) is 4.89. The Hall–Kier alpha value is -1.85. The number of benzene rings is 1. The summed E-state index contributed by atoms with van der Waals surface area (Å²) in [6.45, 7) is 0.492. The van der Waals surface area contributed by atoms with E-state index >= 15 is 0 Å². The van der Waals surface area contributed by atoms with Gasteiger partial charge in [0, 0.05) is 6.54 Å². The van der Waals surface area contributed by atoms with Gasteiger partial charge in [0.2, 0.25) is 5.28 Å². The maximum absolute atomic E-state index is 12.8. The third kappa shape index (κ3) is 2.55. The quantitative estimate of drug-likeness (QED) is 0.800. The van der Waals surface area contributed by atoms with E-state index in [9.17, 15) is 4.39 Å². The molecule has 0 radical (unpaired) electrons. The molecule has 7 heteroatoms. The molecule has 0 atom stereocenters. The zero-order chi connectivity index (χ0) is 14.1. The van der Waals surface area contributed by atoms with E-state index in [-0.39, 0.29) is 11.1 Å². The summed E-state index contributed by atoms with van der Waals surface area (Å²) in [6.07, 6.45) is 0. The monoisotopic (exact) mass is 310 g/mol. The lowest BCUT2D eigenvalue weighted by molar-refractivity contribution is 0.627. The average Bonchev–Trinajstić information content (AvgIpc) is 2.80. The van der Waals surface area contributed by atoms with E-state index in [0.29, 0.717) is 17.5 Å². The Balaban J connectivity index is 1.89. The molecule has 20 heavy (non-hydrogen) atoms. The van der Waals surface area contributed by atoms with Crippen LogP contribution in [0.4, 0.5) is 10.2 Å². The summed E-state index contributed by atoms with van der Waals surface area (Å²) in [6, 6.07) is 9.74. The Labute approximate surface area is 124 Å². The molecule has 0 saturated heterocycles. The minimum atomic E-state index is -0.264. The number of halogens is 3. The summed E-state index contributed by atoms with van der Waals surface area (Å²) in [5.74, 6) is 0.306. The molecule has 0 spiro atoms. The number of hydrogen-bond donors (Lipinski definition) is 1. The summed E-state index contributed by atoms with van der Waals surface area (Å²) in [5, 5.41) is 7.70. The topological polar surface area (TPSA) is 42.2 Å². The highest BCUT2D eigenvalue weighted by molar-refractivity contribution is 6.30. The van der Waals surface area contributed by atoms with Crippen LogP contribution < -0.4 is 5.32 Å². The molecule has 2 aromatic heterocycles. The Kier molecular flexibility index (Phi) is 3.46. The fraction of sp³-hybridized carbons (Fsp3) is 0.0769. The van der Waals surface area contributed by atoms with Gasteiger partial charge in [-0.2, -0.15) is 4.98 Å². The van der Waals surface area contributed by atoms with Gasteiger partial charge in [0.1, 0.15) is 16.5 Å². The van der Waals surface area contributed by atoms with Crippen LogP contribution in [-0.2, 0) is 6.54 Å². The summed E-state index contributed by atoms with van der Waals surface area (Å²) in [7, 11) is 0. The van der Waals surface area contributed by atoms with Gasteiger partial charge in [-0.1, -0.05) is 23.7 Å². The normalized spacial score (nSPS) is 10.9. The lowest BCUT2D eigenvalue weighted by Gasteiger charge is -2.08. The molecular formula is C13H9Cl2FN4. The largest absolute Gasteiger partial charge is 0.364 e. The molecule has 1 aromatic carbocycles. The van der Waals surface area contributed by atoms with Crippen molar-refractivity contribution < 1.29 is 4.39 Å². The van der Waals surface area contributed by atoms with Gasteiger partial charge in [0.05, 0.1) is 0 Å². The Morgan fingerprint density at radius 2 is 1.85 bits per heavy atom. The number of anilines is 1. The van der Waals surface area contributed by atoms with E-state index in [1.165, 1.54) is 16.6 Å². The fourth-order valence-electron chi connectivity index (χ4n) is 1.86. The lowest BCUT2D eigenvalue weighted by Crippen LogP contribution is -2.05. The molecular weight excluding hydrogens is 302 g/mol. The van der Waals surface area contributed by atoms with Crippen LogP contribution in [0.1, 0.15) is 5.56 Å². The van der Waals surface area contributed by atoms with Crippen LogP contribution in [0, 0.1) is 5.82 Å². The molecule has 0 bridgehead atoms. The number of aromatic nitrogens is 3. The first-order valence-electron chi connectivity index (χ1n) is 5.82. The number of nitrogens with one attached hydrogen (secondary N) is 1. The fourth-order valence-corrected chi connectivity index (χ4v) is 2.21. The Morgan fingerprint density at radius 1 is 1.10 bits per heavy atom. The Morgan fingerprint density at radius 3 is 2.60 bits per heavy atom. The van der Waals surface area contributed by atoms with Crippen molar-refractivity contribution in [3.05, 3.63) is 58.2 Å². The second kappa shape index (κ2) is 5.26. The third-order valence-corrected chi connectivity index (χ3v) is 3.26. The van der Waals surface area contributed by atoms with Crippen LogP contribution >= 0.6 is 23.2 Å². The molecule has 0 aliphatic rings. The maximum Gasteiger partial charge on any atom is 0.243 e. The van der Waals surface area contributed by atoms with Crippen LogP contribution in [0.3, 0.4) is 0 Å². The van der Waals surface area contributed by atoms with Crippen LogP contribution in [0.25, 0.3) is 5.52 Å². The molecule has 102 valence electrons. The minimum Gasteiger partial charge on any atom is -0.364 e. The summed E-state index contributed by atoms with van der Waals surface area (Å²) >= 11 is 11.9. The van der Waals surface area contributed by atoms with E-state index in [0.717, 1.165) is 11.1 Å². The lowest BCUT2D eigenvalue weighted by atomic mass is 10.2. The zero-order valence-corrected chi connectivity index (χ0v) is 11.7. The molecule has 0 aliphatic heterocycles. The first-order valence-corrected chi connectivity index (χ1v) is 6.58. The number of hydrogen-bond acceptors (Lipinski definition) is 3. The van der Waals surface area contributed by atoms with Crippen LogP contribution in [0.5, 0.6) is 0 Å². The minimum absolute atomic E-state index is 0.0946. The second-order valence-electron chi connectivity index (χ2n) is 4.16. The van der Waals surface area contributed by atoms with Gasteiger partial charge in [-0.05, 0) is 41.4 Å². The van der Waals surface area contributed by atoms with Crippen LogP contribution in [-0.4, -0.2) is 14.6 Å².